The van der Waals surface area contributed by atoms with Crippen molar-refractivity contribution >= 4 is 29.9 Å². The van der Waals surface area contributed by atoms with Crippen molar-refractivity contribution in [3.05, 3.63) is 17.5 Å². The van der Waals surface area contributed by atoms with Crippen molar-refractivity contribution in [3.63, 3.8) is 0 Å². The molecular weight excluding hydrogens is 435 g/mol. The third kappa shape index (κ3) is 11.4. The van der Waals surface area contributed by atoms with Gasteiger partial charge in [0.05, 0.1) is 32.1 Å². The minimum absolute atomic E-state index is 0. The Kier molecular flexibility index (Phi) is 14.9. The third-order valence-corrected chi connectivity index (χ3v) is 3.38. The largest absolute Gasteiger partial charge is 0.379 e. The minimum atomic E-state index is 0. The highest BCUT2D eigenvalue weighted by atomic mass is 127. The summed E-state index contributed by atoms with van der Waals surface area (Å²) in [5, 5.41) is 10.4. The van der Waals surface area contributed by atoms with E-state index in [9.17, 15) is 0 Å². The predicted octanol–water partition coefficient (Wildman–Crippen LogP) is 2.91. The first-order valence-corrected chi connectivity index (χ1v) is 8.72. The summed E-state index contributed by atoms with van der Waals surface area (Å²) in [6.45, 7) is 10.2. The Labute approximate surface area is 168 Å². The average molecular weight is 468 g/mol. The van der Waals surface area contributed by atoms with Gasteiger partial charge in [-0.3, -0.25) is 4.99 Å². The lowest BCUT2D eigenvalue weighted by atomic mass is 10.1. The molecule has 1 rings (SSSR count). The number of guanidine groups is 1. The Morgan fingerprint density at radius 3 is 2.52 bits per heavy atom. The summed E-state index contributed by atoms with van der Waals surface area (Å²) in [6.07, 6.45) is 2.26. The fourth-order valence-corrected chi connectivity index (χ4v) is 1.89. The Morgan fingerprint density at radius 1 is 1.20 bits per heavy atom. The van der Waals surface area contributed by atoms with Gasteiger partial charge in [-0.05, 0) is 12.3 Å². The lowest BCUT2D eigenvalue weighted by Gasteiger charge is -2.11. The van der Waals surface area contributed by atoms with Gasteiger partial charge >= 0.3 is 0 Å². The number of halogens is 1. The molecule has 2 N–H and O–H groups in total. The first-order chi connectivity index (χ1) is 11.7. The zero-order valence-corrected chi connectivity index (χ0v) is 18.2. The molecule has 146 valence electrons. The molecule has 0 aromatic carbocycles. The van der Waals surface area contributed by atoms with E-state index in [1.165, 1.54) is 0 Å². The van der Waals surface area contributed by atoms with Crippen LogP contribution in [0.25, 0.3) is 0 Å². The first kappa shape index (κ1) is 24.1. The Morgan fingerprint density at radius 2 is 1.92 bits per heavy atom. The Hall–Kier alpha value is -0.870. The van der Waals surface area contributed by atoms with E-state index >= 15 is 0 Å². The minimum Gasteiger partial charge on any atom is -0.379 e. The molecule has 25 heavy (non-hydrogen) atoms. The molecule has 0 amide bonds. The highest BCUT2D eigenvalue weighted by Gasteiger charge is 2.07. The van der Waals surface area contributed by atoms with Crippen LogP contribution in [0.5, 0.6) is 0 Å². The number of nitrogens with zero attached hydrogens (tertiary/aromatic N) is 2. The second kappa shape index (κ2) is 15.4. The van der Waals surface area contributed by atoms with Crippen LogP contribution in [0.3, 0.4) is 0 Å². The molecule has 0 atom stereocenters. The van der Waals surface area contributed by atoms with Crippen LogP contribution in [0, 0.1) is 0 Å². The highest BCUT2D eigenvalue weighted by Crippen LogP contribution is 2.13. The number of ether oxygens (including phenoxy) is 2. The number of hydrogen-bond donors (Lipinski definition) is 2. The Bertz CT molecular complexity index is 467. The lowest BCUT2D eigenvalue weighted by Crippen LogP contribution is -2.38. The number of hydrogen-bond acceptors (Lipinski definition) is 5. The van der Waals surface area contributed by atoms with Crippen LogP contribution in [-0.4, -0.2) is 51.1 Å². The van der Waals surface area contributed by atoms with Gasteiger partial charge in [0.15, 0.2) is 11.7 Å². The number of aromatic nitrogens is 1. The summed E-state index contributed by atoms with van der Waals surface area (Å²) in [5.41, 5.74) is 0.962. The van der Waals surface area contributed by atoms with Crippen molar-refractivity contribution in [2.45, 2.75) is 46.1 Å². The van der Waals surface area contributed by atoms with Crippen molar-refractivity contribution in [2.24, 2.45) is 4.99 Å². The molecule has 0 aliphatic rings. The molecule has 1 aromatic heterocycles. The van der Waals surface area contributed by atoms with E-state index in [-0.39, 0.29) is 24.0 Å². The molecule has 0 fully saturated rings. The molecule has 0 radical (unpaired) electrons. The lowest BCUT2D eigenvalue weighted by molar-refractivity contribution is 0.0487. The maximum Gasteiger partial charge on any atom is 0.191 e. The zero-order valence-electron chi connectivity index (χ0n) is 15.8. The molecule has 0 spiro atoms. The fraction of sp³-hybridized carbons (Fsp3) is 0.765. The van der Waals surface area contributed by atoms with E-state index in [0.717, 1.165) is 30.9 Å². The maximum absolute atomic E-state index is 5.50. The second-order valence-electron chi connectivity index (χ2n) is 5.80. The second-order valence-corrected chi connectivity index (χ2v) is 5.80. The summed E-state index contributed by atoms with van der Waals surface area (Å²) in [4.78, 5) is 4.16. The summed E-state index contributed by atoms with van der Waals surface area (Å²) < 4.78 is 16.2. The van der Waals surface area contributed by atoms with Gasteiger partial charge in [0.2, 0.25) is 0 Å². The van der Waals surface area contributed by atoms with Gasteiger partial charge < -0.3 is 24.6 Å². The number of aliphatic imine (C=N–C) groups is 1. The van der Waals surface area contributed by atoms with Gasteiger partial charge in [-0.15, -0.1) is 24.0 Å². The fourth-order valence-electron chi connectivity index (χ4n) is 1.89. The predicted molar refractivity (Wildman–Crippen MR) is 111 cm³/mol. The van der Waals surface area contributed by atoms with Crippen molar-refractivity contribution in [1.29, 1.82) is 0 Å². The monoisotopic (exact) mass is 468 g/mol. The van der Waals surface area contributed by atoms with Gasteiger partial charge in [0.25, 0.3) is 0 Å². The van der Waals surface area contributed by atoms with Gasteiger partial charge in [0.1, 0.15) is 0 Å². The van der Waals surface area contributed by atoms with Crippen LogP contribution < -0.4 is 10.6 Å². The van der Waals surface area contributed by atoms with Crippen molar-refractivity contribution < 1.29 is 14.0 Å². The molecule has 0 unspecified atom stereocenters. The molecule has 1 aromatic rings. The van der Waals surface area contributed by atoms with Crippen LogP contribution in [-0.2, 0) is 16.0 Å². The van der Waals surface area contributed by atoms with Crippen LogP contribution in [0.1, 0.15) is 51.0 Å². The molecule has 0 bridgehead atoms. The van der Waals surface area contributed by atoms with E-state index in [1.807, 2.05) is 6.07 Å². The quantitative estimate of drug-likeness (QED) is 0.213. The smallest absolute Gasteiger partial charge is 0.191 e. The van der Waals surface area contributed by atoms with Crippen LogP contribution >= 0.6 is 24.0 Å². The Balaban J connectivity index is 0.00000576. The van der Waals surface area contributed by atoms with Crippen molar-refractivity contribution in [2.75, 3.05) is 40.0 Å². The van der Waals surface area contributed by atoms with E-state index < -0.39 is 0 Å². The zero-order chi connectivity index (χ0) is 17.6. The summed E-state index contributed by atoms with van der Waals surface area (Å²) >= 11 is 0. The maximum atomic E-state index is 5.50. The SMILES string of the molecule is CCCCOCCOCCNC(=NC)NCc1cc(C(C)C)no1.I. The van der Waals surface area contributed by atoms with E-state index in [2.05, 4.69) is 41.6 Å². The summed E-state index contributed by atoms with van der Waals surface area (Å²) in [6, 6.07) is 1.96. The van der Waals surface area contributed by atoms with Crippen LogP contribution in [0.15, 0.2) is 15.6 Å². The number of nitrogens with one attached hydrogen (secondary N) is 2. The van der Waals surface area contributed by atoms with E-state index in [1.54, 1.807) is 7.05 Å². The normalized spacial score (nSPS) is 11.5. The van der Waals surface area contributed by atoms with E-state index in [0.29, 0.717) is 44.8 Å². The molecule has 0 aliphatic heterocycles. The first-order valence-electron chi connectivity index (χ1n) is 8.72. The van der Waals surface area contributed by atoms with Crippen molar-refractivity contribution in [1.82, 2.24) is 15.8 Å². The summed E-state index contributed by atoms with van der Waals surface area (Å²) in [7, 11) is 1.73. The average Bonchev–Trinajstić information content (AvgIpc) is 3.05. The molecule has 1 heterocycles. The van der Waals surface area contributed by atoms with Crippen LogP contribution in [0.4, 0.5) is 0 Å². The van der Waals surface area contributed by atoms with Gasteiger partial charge in [0, 0.05) is 26.3 Å². The topological polar surface area (TPSA) is 80.9 Å². The van der Waals surface area contributed by atoms with Crippen molar-refractivity contribution in [3.8, 4) is 0 Å². The van der Waals surface area contributed by atoms with Crippen LogP contribution in [0.2, 0.25) is 0 Å². The van der Waals surface area contributed by atoms with E-state index in [4.69, 9.17) is 14.0 Å². The molecule has 8 heteroatoms. The highest BCUT2D eigenvalue weighted by molar-refractivity contribution is 14.0. The molecular formula is C17H33IN4O3. The van der Waals surface area contributed by atoms with Gasteiger partial charge in [-0.2, -0.15) is 0 Å². The molecule has 7 nitrogen and oxygen atoms in total. The standard InChI is InChI=1S/C17H32N4O3.HI/c1-5-6-8-22-10-11-23-9-7-19-17(18-4)20-13-15-12-16(14(2)3)21-24-15;/h12,14H,5-11,13H2,1-4H3,(H2,18,19,20);1H. The molecule has 0 saturated carbocycles. The molecule has 0 aliphatic carbocycles. The number of unbranched alkanes of at least 4 members (excludes halogenated alkanes) is 1. The number of rotatable bonds is 12. The third-order valence-electron chi connectivity index (χ3n) is 3.38. The van der Waals surface area contributed by atoms with Gasteiger partial charge in [-0.1, -0.05) is 32.3 Å². The van der Waals surface area contributed by atoms with Gasteiger partial charge in [-0.25, -0.2) is 0 Å². The molecule has 0 saturated heterocycles. The summed E-state index contributed by atoms with van der Waals surface area (Å²) in [5.74, 6) is 1.87.